The van der Waals surface area contributed by atoms with Gasteiger partial charge in [-0.2, -0.15) is 0 Å². The van der Waals surface area contributed by atoms with Crippen molar-refractivity contribution in [3.8, 4) is 11.3 Å². The molecule has 0 aliphatic carbocycles. The van der Waals surface area contributed by atoms with Gasteiger partial charge in [0, 0.05) is 24.2 Å². The first kappa shape index (κ1) is 13.0. The van der Waals surface area contributed by atoms with Crippen molar-refractivity contribution < 1.29 is 4.52 Å². The van der Waals surface area contributed by atoms with Crippen LogP contribution in [0.1, 0.15) is 12.7 Å². The van der Waals surface area contributed by atoms with Crippen molar-refractivity contribution in [1.82, 2.24) is 15.4 Å². The predicted octanol–water partition coefficient (Wildman–Crippen LogP) is 2.38. The summed E-state index contributed by atoms with van der Waals surface area (Å²) in [6.45, 7) is 6.70. The lowest BCUT2D eigenvalue weighted by Gasteiger charge is -2.22. The fourth-order valence-corrected chi connectivity index (χ4v) is 3.80. The average Bonchev–Trinajstić information content (AvgIpc) is 3.21. The molecule has 3 atom stereocenters. The van der Waals surface area contributed by atoms with Gasteiger partial charge in [-0.15, -0.1) is 0 Å². The lowest BCUT2D eigenvalue weighted by molar-refractivity contribution is 0.205. The van der Waals surface area contributed by atoms with Gasteiger partial charge >= 0.3 is 0 Å². The first-order chi connectivity index (χ1) is 10.3. The maximum atomic E-state index is 5.54. The first-order valence-electron chi connectivity index (χ1n) is 7.77. The second-order valence-corrected chi connectivity index (χ2v) is 6.30. The topological polar surface area (TPSA) is 41.3 Å². The zero-order chi connectivity index (χ0) is 14.2. The largest absolute Gasteiger partial charge is 0.359 e. The monoisotopic (exact) mass is 283 g/mol. The van der Waals surface area contributed by atoms with Crippen molar-refractivity contribution in [2.24, 2.45) is 11.8 Å². The van der Waals surface area contributed by atoms with Gasteiger partial charge in [0.05, 0.1) is 6.54 Å². The summed E-state index contributed by atoms with van der Waals surface area (Å²) in [6, 6.07) is 12.9. The Morgan fingerprint density at radius 3 is 2.95 bits per heavy atom. The summed E-state index contributed by atoms with van der Waals surface area (Å²) in [7, 11) is 0. The highest BCUT2D eigenvalue weighted by molar-refractivity contribution is 5.58. The minimum atomic E-state index is 0.621. The van der Waals surface area contributed by atoms with E-state index in [0.717, 1.165) is 48.5 Å². The molecule has 4 nitrogen and oxygen atoms in total. The normalized spacial score (nSPS) is 28.9. The Hall–Kier alpha value is -1.65. The average molecular weight is 283 g/mol. The molecule has 110 valence electrons. The van der Waals surface area contributed by atoms with Crippen LogP contribution in [0.3, 0.4) is 0 Å². The summed E-state index contributed by atoms with van der Waals surface area (Å²) in [6.07, 6.45) is 0. The lowest BCUT2D eigenvalue weighted by atomic mass is 9.95. The molecule has 2 aromatic rings. The lowest BCUT2D eigenvalue weighted by Crippen LogP contribution is -2.32. The van der Waals surface area contributed by atoms with Crippen molar-refractivity contribution in [1.29, 1.82) is 0 Å². The van der Waals surface area contributed by atoms with Gasteiger partial charge in [0.1, 0.15) is 5.69 Å². The van der Waals surface area contributed by atoms with E-state index in [9.17, 15) is 0 Å². The van der Waals surface area contributed by atoms with Gasteiger partial charge in [0.2, 0.25) is 0 Å². The molecule has 2 aliphatic rings. The quantitative estimate of drug-likeness (QED) is 0.939. The van der Waals surface area contributed by atoms with Gasteiger partial charge in [0.25, 0.3) is 0 Å². The van der Waals surface area contributed by atoms with E-state index in [1.54, 1.807) is 0 Å². The van der Waals surface area contributed by atoms with E-state index < -0.39 is 0 Å². The molecular weight excluding hydrogens is 262 g/mol. The maximum absolute atomic E-state index is 5.54. The van der Waals surface area contributed by atoms with Crippen LogP contribution in [0, 0.1) is 11.8 Å². The Kier molecular flexibility index (Phi) is 3.28. The number of benzene rings is 1. The van der Waals surface area contributed by atoms with Crippen molar-refractivity contribution >= 4 is 0 Å². The number of rotatable bonds is 3. The van der Waals surface area contributed by atoms with Crippen LogP contribution in [-0.2, 0) is 6.54 Å². The second-order valence-electron chi connectivity index (χ2n) is 6.30. The van der Waals surface area contributed by atoms with Gasteiger partial charge in [-0.3, -0.25) is 4.90 Å². The molecule has 3 heterocycles. The Morgan fingerprint density at radius 1 is 1.29 bits per heavy atom. The third-order valence-electron chi connectivity index (χ3n) is 5.04. The summed E-state index contributed by atoms with van der Waals surface area (Å²) in [5.41, 5.74) is 2.04. The third-order valence-corrected chi connectivity index (χ3v) is 5.04. The molecule has 1 aromatic carbocycles. The van der Waals surface area contributed by atoms with Crippen molar-refractivity contribution in [2.75, 3.05) is 19.6 Å². The van der Waals surface area contributed by atoms with E-state index in [0.29, 0.717) is 6.04 Å². The summed E-state index contributed by atoms with van der Waals surface area (Å²) in [5, 5.41) is 7.71. The van der Waals surface area contributed by atoms with Gasteiger partial charge in [-0.1, -0.05) is 35.5 Å². The summed E-state index contributed by atoms with van der Waals surface area (Å²) >= 11 is 0. The highest BCUT2D eigenvalue weighted by Gasteiger charge is 2.41. The Bertz CT molecular complexity index is 610. The molecule has 3 unspecified atom stereocenters. The summed E-state index contributed by atoms with van der Waals surface area (Å²) in [4.78, 5) is 2.53. The standard InChI is InChI=1S/C17H21N3O/c1-12-16-9-18-8-14(16)10-20(12)11-15-7-17(19-21-15)13-5-3-2-4-6-13/h2-7,12,14,16,18H,8-11H2,1H3. The van der Waals surface area contributed by atoms with Crippen LogP contribution in [0.25, 0.3) is 11.3 Å². The molecular formula is C17H21N3O. The highest BCUT2D eigenvalue weighted by Crippen LogP contribution is 2.33. The van der Waals surface area contributed by atoms with Crippen LogP contribution in [0.4, 0.5) is 0 Å². The van der Waals surface area contributed by atoms with E-state index >= 15 is 0 Å². The first-order valence-corrected chi connectivity index (χ1v) is 7.77. The van der Waals surface area contributed by atoms with Gasteiger partial charge < -0.3 is 9.84 Å². The fraction of sp³-hybridized carbons (Fsp3) is 0.471. The van der Waals surface area contributed by atoms with Crippen LogP contribution < -0.4 is 5.32 Å². The molecule has 4 rings (SSSR count). The number of aromatic nitrogens is 1. The molecule has 21 heavy (non-hydrogen) atoms. The highest BCUT2D eigenvalue weighted by atomic mass is 16.5. The Labute approximate surface area is 125 Å². The van der Waals surface area contributed by atoms with Crippen LogP contribution in [0.2, 0.25) is 0 Å². The molecule has 2 aliphatic heterocycles. The molecule has 4 heteroatoms. The second kappa shape index (κ2) is 5.28. The van der Waals surface area contributed by atoms with Crippen LogP contribution >= 0.6 is 0 Å². The molecule has 0 spiro atoms. The van der Waals surface area contributed by atoms with E-state index in [4.69, 9.17) is 4.52 Å². The van der Waals surface area contributed by atoms with Crippen LogP contribution in [0.15, 0.2) is 40.9 Å². The Morgan fingerprint density at radius 2 is 2.14 bits per heavy atom. The van der Waals surface area contributed by atoms with Crippen LogP contribution in [0.5, 0.6) is 0 Å². The zero-order valence-electron chi connectivity index (χ0n) is 12.3. The number of nitrogens with zero attached hydrogens (tertiary/aromatic N) is 2. The van der Waals surface area contributed by atoms with Gasteiger partial charge in [0.15, 0.2) is 5.76 Å². The number of hydrogen-bond donors (Lipinski definition) is 1. The Balaban J connectivity index is 1.48. The smallest absolute Gasteiger partial charge is 0.151 e. The van der Waals surface area contributed by atoms with Crippen molar-refractivity contribution in [2.45, 2.75) is 19.5 Å². The third kappa shape index (κ3) is 2.39. The summed E-state index contributed by atoms with van der Waals surface area (Å²) < 4.78 is 5.54. The molecule has 0 saturated carbocycles. The molecule has 0 bridgehead atoms. The van der Waals surface area contributed by atoms with Crippen LogP contribution in [-0.4, -0.2) is 35.7 Å². The minimum Gasteiger partial charge on any atom is -0.359 e. The molecule has 2 fully saturated rings. The van der Waals surface area contributed by atoms with Gasteiger partial charge in [-0.05, 0) is 31.8 Å². The molecule has 1 N–H and O–H groups in total. The van der Waals surface area contributed by atoms with E-state index in [1.807, 2.05) is 18.2 Å². The maximum Gasteiger partial charge on any atom is 0.151 e. The number of likely N-dealkylation sites (tertiary alicyclic amines) is 1. The summed E-state index contributed by atoms with van der Waals surface area (Å²) in [5.74, 6) is 2.56. The number of hydrogen-bond acceptors (Lipinski definition) is 4. The van der Waals surface area contributed by atoms with Crippen molar-refractivity contribution in [3.05, 3.63) is 42.2 Å². The fourth-order valence-electron chi connectivity index (χ4n) is 3.80. The molecule has 2 saturated heterocycles. The van der Waals surface area contributed by atoms with Crippen molar-refractivity contribution in [3.63, 3.8) is 0 Å². The van der Waals surface area contributed by atoms with E-state index in [2.05, 4.69) is 40.5 Å². The molecule has 0 radical (unpaired) electrons. The zero-order valence-corrected chi connectivity index (χ0v) is 12.3. The van der Waals surface area contributed by atoms with E-state index in [-0.39, 0.29) is 0 Å². The molecule has 0 amide bonds. The SMILES string of the molecule is CC1C2CNCC2CN1Cc1cc(-c2ccccc2)no1. The predicted molar refractivity (Wildman–Crippen MR) is 81.7 cm³/mol. The number of fused-ring (bicyclic) bond motifs is 1. The van der Waals surface area contributed by atoms with Gasteiger partial charge in [-0.25, -0.2) is 0 Å². The van der Waals surface area contributed by atoms with E-state index in [1.165, 1.54) is 6.54 Å². The molecule has 1 aromatic heterocycles. The number of nitrogens with one attached hydrogen (secondary N) is 1. The minimum absolute atomic E-state index is 0.621.